The van der Waals surface area contributed by atoms with Gasteiger partial charge in [-0.25, -0.2) is 4.79 Å². The summed E-state index contributed by atoms with van der Waals surface area (Å²) in [6, 6.07) is 22.9. The first-order valence-corrected chi connectivity index (χ1v) is 14.5. The summed E-state index contributed by atoms with van der Waals surface area (Å²) < 4.78 is 4.89. The van der Waals surface area contributed by atoms with Gasteiger partial charge >= 0.3 is 5.97 Å². The number of hydrogen-bond donors (Lipinski definition) is 0. The first-order valence-electron chi connectivity index (χ1n) is 14.5. The van der Waals surface area contributed by atoms with Gasteiger partial charge in [0.25, 0.3) is 0 Å². The number of aliphatic imine (C=N–C) groups is 1. The number of methoxy groups -OCH3 is 1. The van der Waals surface area contributed by atoms with E-state index in [1.807, 2.05) is 41.3 Å². The van der Waals surface area contributed by atoms with Gasteiger partial charge in [0.05, 0.1) is 36.0 Å². The summed E-state index contributed by atoms with van der Waals surface area (Å²) in [4.78, 5) is 47.3. The standard InChI is InChI=1S/C35H36N2O4/c1-35(2,3)26-17-15-21(16-18-26)25-19-28-31(30(38)20-25)32(22-9-13-24(14-10-22)34(40)41-4)37(33(39)23-11-12-23)29-8-6-5-7-27(29)36-28/h5-10,13-18,23,25,31-32H,11-12,19-20H2,1-4H3. The van der Waals surface area contributed by atoms with Gasteiger partial charge in [-0.05, 0) is 71.6 Å². The van der Waals surface area contributed by atoms with Gasteiger partial charge < -0.3 is 9.64 Å². The molecule has 41 heavy (non-hydrogen) atoms. The maximum absolute atomic E-state index is 14.2. The molecule has 3 aromatic rings. The number of fused-ring (bicyclic) bond motifs is 2. The molecule has 2 fully saturated rings. The van der Waals surface area contributed by atoms with Gasteiger partial charge in [0.1, 0.15) is 5.78 Å². The Morgan fingerprint density at radius 2 is 1.54 bits per heavy atom. The van der Waals surface area contributed by atoms with Crippen LogP contribution in [0.2, 0.25) is 0 Å². The Labute approximate surface area is 241 Å². The summed E-state index contributed by atoms with van der Waals surface area (Å²) in [5.74, 6) is -0.905. The molecule has 1 amide bonds. The fourth-order valence-corrected chi connectivity index (χ4v) is 6.25. The molecule has 6 rings (SSSR count). The molecule has 2 aliphatic carbocycles. The highest BCUT2D eigenvalue weighted by Gasteiger charge is 2.48. The molecule has 1 aliphatic heterocycles. The third-order valence-corrected chi connectivity index (χ3v) is 8.69. The molecule has 3 atom stereocenters. The first-order chi connectivity index (χ1) is 19.7. The van der Waals surface area contributed by atoms with E-state index in [0.29, 0.717) is 24.1 Å². The van der Waals surface area contributed by atoms with E-state index >= 15 is 0 Å². The summed E-state index contributed by atoms with van der Waals surface area (Å²) in [7, 11) is 1.35. The van der Waals surface area contributed by atoms with Crippen molar-refractivity contribution >= 4 is 34.7 Å². The van der Waals surface area contributed by atoms with E-state index in [1.165, 1.54) is 12.7 Å². The number of rotatable bonds is 4. The number of benzene rings is 3. The van der Waals surface area contributed by atoms with Crippen LogP contribution < -0.4 is 4.90 Å². The van der Waals surface area contributed by atoms with E-state index < -0.39 is 17.9 Å². The molecule has 3 aromatic carbocycles. The molecule has 0 spiro atoms. The van der Waals surface area contributed by atoms with Crippen LogP contribution in [0.4, 0.5) is 11.4 Å². The summed E-state index contributed by atoms with van der Waals surface area (Å²) in [5, 5.41) is 0. The van der Waals surface area contributed by atoms with Crippen LogP contribution in [0.5, 0.6) is 0 Å². The highest BCUT2D eigenvalue weighted by molar-refractivity contribution is 6.13. The zero-order chi connectivity index (χ0) is 28.9. The minimum Gasteiger partial charge on any atom is -0.465 e. The minimum atomic E-state index is -0.570. The van der Waals surface area contributed by atoms with Crippen LogP contribution in [-0.4, -0.2) is 30.5 Å². The molecule has 3 unspecified atom stereocenters. The van der Waals surface area contributed by atoms with Crippen molar-refractivity contribution in [1.29, 1.82) is 0 Å². The second-order valence-corrected chi connectivity index (χ2v) is 12.6. The SMILES string of the molecule is COC(=O)c1ccc(C2C3C(=O)CC(c4ccc(C(C)(C)C)cc4)CC3=Nc3ccccc3N2C(=O)C2CC2)cc1. The Hall–Kier alpha value is -4.06. The number of para-hydroxylation sites is 2. The van der Waals surface area contributed by atoms with Crippen LogP contribution >= 0.6 is 0 Å². The van der Waals surface area contributed by atoms with Crippen molar-refractivity contribution < 1.29 is 19.1 Å². The Bertz CT molecular complexity index is 1530. The minimum absolute atomic E-state index is 0.0201. The Balaban J connectivity index is 1.45. The van der Waals surface area contributed by atoms with Gasteiger partial charge in [-0.15, -0.1) is 0 Å². The predicted molar refractivity (Wildman–Crippen MR) is 160 cm³/mol. The number of carbonyl (C=O) groups is 3. The number of Topliss-reactive ketones (excluding diaryl/α,β-unsaturated/α-hetero) is 1. The average Bonchev–Trinajstić information content (AvgIpc) is 3.82. The number of nitrogens with zero attached hydrogens (tertiary/aromatic N) is 2. The van der Waals surface area contributed by atoms with Crippen LogP contribution in [0.1, 0.15) is 85.5 Å². The van der Waals surface area contributed by atoms with Gasteiger partial charge in [0, 0.05) is 18.1 Å². The quantitative estimate of drug-likeness (QED) is 0.326. The zero-order valence-corrected chi connectivity index (χ0v) is 24.1. The summed E-state index contributed by atoms with van der Waals surface area (Å²) in [6.45, 7) is 6.59. The van der Waals surface area contributed by atoms with Gasteiger partial charge in [-0.1, -0.05) is 69.3 Å². The Morgan fingerprint density at radius 3 is 2.17 bits per heavy atom. The number of hydrogen-bond acceptors (Lipinski definition) is 5. The van der Waals surface area contributed by atoms with Crippen LogP contribution in [0.15, 0.2) is 77.8 Å². The fourth-order valence-electron chi connectivity index (χ4n) is 6.25. The fraction of sp³-hybridized carbons (Fsp3) is 0.371. The van der Waals surface area contributed by atoms with E-state index in [4.69, 9.17) is 9.73 Å². The Morgan fingerprint density at radius 1 is 0.878 bits per heavy atom. The molecule has 1 heterocycles. The smallest absolute Gasteiger partial charge is 0.337 e. The van der Waals surface area contributed by atoms with Crippen molar-refractivity contribution in [2.45, 2.75) is 63.8 Å². The van der Waals surface area contributed by atoms with Crippen molar-refractivity contribution in [3.8, 4) is 0 Å². The lowest BCUT2D eigenvalue weighted by atomic mass is 9.71. The van der Waals surface area contributed by atoms with Gasteiger partial charge in [-0.3, -0.25) is 14.6 Å². The van der Waals surface area contributed by atoms with Crippen molar-refractivity contribution in [3.63, 3.8) is 0 Å². The van der Waals surface area contributed by atoms with Gasteiger partial charge in [0.2, 0.25) is 5.91 Å². The van der Waals surface area contributed by atoms with Crippen molar-refractivity contribution in [3.05, 3.63) is 95.1 Å². The van der Waals surface area contributed by atoms with Crippen LogP contribution in [-0.2, 0) is 19.7 Å². The molecule has 0 radical (unpaired) electrons. The molecule has 0 aromatic heterocycles. The van der Waals surface area contributed by atoms with Crippen molar-refractivity contribution in [2.24, 2.45) is 16.8 Å². The van der Waals surface area contributed by atoms with E-state index in [9.17, 15) is 14.4 Å². The molecule has 2 saturated carbocycles. The molecule has 0 bridgehead atoms. The lowest BCUT2D eigenvalue weighted by molar-refractivity contribution is -0.123. The number of ketones is 1. The number of amides is 1. The third-order valence-electron chi connectivity index (χ3n) is 8.69. The zero-order valence-electron chi connectivity index (χ0n) is 24.1. The maximum atomic E-state index is 14.2. The topological polar surface area (TPSA) is 76.0 Å². The molecule has 0 saturated heterocycles. The number of ether oxygens (including phenoxy) is 1. The monoisotopic (exact) mass is 548 g/mol. The number of esters is 1. The lowest BCUT2D eigenvalue weighted by Crippen LogP contribution is -2.46. The highest BCUT2D eigenvalue weighted by Crippen LogP contribution is 2.49. The van der Waals surface area contributed by atoms with E-state index in [2.05, 4.69) is 45.0 Å². The molecule has 6 nitrogen and oxygen atoms in total. The van der Waals surface area contributed by atoms with E-state index in [-0.39, 0.29) is 28.9 Å². The molecular formula is C35H36N2O4. The maximum Gasteiger partial charge on any atom is 0.337 e. The highest BCUT2D eigenvalue weighted by atomic mass is 16.5. The molecule has 3 aliphatic rings. The van der Waals surface area contributed by atoms with Crippen molar-refractivity contribution in [1.82, 2.24) is 0 Å². The molecule has 0 N–H and O–H groups in total. The summed E-state index contributed by atoms with van der Waals surface area (Å²) in [5.41, 5.74) is 5.93. The van der Waals surface area contributed by atoms with Crippen LogP contribution in [0.3, 0.4) is 0 Å². The normalized spacial score (nSPS) is 22.2. The van der Waals surface area contributed by atoms with Crippen LogP contribution in [0, 0.1) is 11.8 Å². The van der Waals surface area contributed by atoms with E-state index in [1.54, 1.807) is 12.1 Å². The van der Waals surface area contributed by atoms with E-state index in [0.717, 1.165) is 35.4 Å². The second-order valence-electron chi connectivity index (χ2n) is 12.6. The predicted octanol–water partition coefficient (Wildman–Crippen LogP) is 7.10. The molecule has 6 heteroatoms. The lowest BCUT2D eigenvalue weighted by Gasteiger charge is -2.39. The Kier molecular flexibility index (Phi) is 6.88. The number of carbonyl (C=O) groups excluding carboxylic acids is 3. The number of anilines is 1. The second kappa shape index (κ2) is 10.4. The largest absolute Gasteiger partial charge is 0.465 e. The first kappa shape index (κ1) is 27.1. The van der Waals surface area contributed by atoms with Crippen LogP contribution in [0.25, 0.3) is 0 Å². The van der Waals surface area contributed by atoms with Crippen molar-refractivity contribution in [2.75, 3.05) is 12.0 Å². The summed E-state index contributed by atoms with van der Waals surface area (Å²) >= 11 is 0. The average molecular weight is 549 g/mol. The molecule has 210 valence electrons. The van der Waals surface area contributed by atoms with Gasteiger partial charge in [-0.2, -0.15) is 0 Å². The molecular weight excluding hydrogens is 512 g/mol. The van der Waals surface area contributed by atoms with Gasteiger partial charge in [0.15, 0.2) is 0 Å². The third kappa shape index (κ3) is 5.12. The summed E-state index contributed by atoms with van der Waals surface area (Å²) in [6.07, 6.45) is 2.73.